The van der Waals surface area contributed by atoms with Gasteiger partial charge in [0, 0.05) is 10.6 Å². The van der Waals surface area contributed by atoms with Gasteiger partial charge in [0.1, 0.15) is 12.4 Å². The molecule has 0 radical (unpaired) electrons. The molecule has 0 fully saturated rings. The molecule has 0 amide bonds. The number of fused-ring (bicyclic) bond motifs is 1. The number of nitrogens with zero attached hydrogens (tertiary/aromatic N) is 1. The van der Waals surface area contributed by atoms with E-state index in [2.05, 4.69) is 24.4 Å². The minimum Gasteiger partial charge on any atom is -0.475 e. The summed E-state index contributed by atoms with van der Waals surface area (Å²) in [6.45, 7) is 0.506. The van der Waals surface area contributed by atoms with Crippen LogP contribution < -0.4 is 4.74 Å². The molecule has 1 aromatic carbocycles. The van der Waals surface area contributed by atoms with Crippen LogP contribution in [0.3, 0.4) is 0 Å². The van der Waals surface area contributed by atoms with Gasteiger partial charge in [-0.05, 0) is 43.5 Å². The van der Waals surface area contributed by atoms with Gasteiger partial charge in [-0.15, -0.1) is 4.91 Å². The van der Waals surface area contributed by atoms with E-state index in [1.165, 1.54) is 19.1 Å². The number of ether oxygens (including phenoxy) is 4. The van der Waals surface area contributed by atoms with Crippen molar-refractivity contribution in [1.29, 1.82) is 0 Å². The fourth-order valence-corrected chi connectivity index (χ4v) is 2.86. The zero-order chi connectivity index (χ0) is 23.0. The zero-order valence-electron chi connectivity index (χ0n) is 16.1. The van der Waals surface area contributed by atoms with Crippen molar-refractivity contribution in [3.63, 3.8) is 0 Å². The molecule has 1 aromatic rings. The first-order valence-corrected chi connectivity index (χ1v) is 9.17. The van der Waals surface area contributed by atoms with E-state index >= 15 is 0 Å². The van der Waals surface area contributed by atoms with Crippen molar-refractivity contribution in [3.8, 4) is 5.75 Å². The molecule has 1 heterocycles. The number of hydrogen-bond donors (Lipinski definition) is 0. The number of hydrogen-bond acceptors (Lipinski definition) is 9. The first-order valence-electron chi connectivity index (χ1n) is 8.80. The lowest BCUT2D eigenvalue weighted by Gasteiger charge is -2.28. The molecule has 1 aliphatic heterocycles. The maximum Gasteiger partial charge on any atom is 0.511 e. The summed E-state index contributed by atoms with van der Waals surface area (Å²) in [6.07, 6.45) is -6.99. The van der Waals surface area contributed by atoms with Crippen molar-refractivity contribution in [2.24, 2.45) is 5.34 Å². The second-order valence-corrected chi connectivity index (χ2v) is 6.62. The van der Waals surface area contributed by atoms with Crippen LogP contribution in [0.5, 0.6) is 5.75 Å². The summed E-state index contributed by atoms with van der Waals surface area (Å²) in [4.78, 5) is 37.5. The number of unbranched alkanes of at least 4 members (excludes halogenated alkanes) is 1. The minimum atomic E-state index is -4.91. The molecule has 13 heteroatoms. The van der Waals surface area contributed by atoms with Crippen LogP contribution in [0.15, 0.2) is 23.0 Å². The van der Waals surface area contributed by atoms with Gasteiger partial charge in [0.05, 0.1) is 12.2 Å². The Morgan fingerprint density at radius 3 is 2.55 bits per heavy atom. The highest BCUT2D eigenvalue weighted by atomic mass is 35.5. The molecule has 31 heavy (non-hydrogen) atoms. The van der Waals surface area contributed by atoms with Gasteiger partial charge in [-0.2, -0.15) is 13.2 Å². The van der Waals surface area contributed by atoms with E-state index in [9.17, 15) is 27.7 Å². The van der Waals surface area contributed by atoms with Crippen LogP contribution in [0.1, 0.15) is 24.0 Å². The van der Waals surface area contributed by atoms with E-state index in [4.69, 9.17) is 16.3 Å². The number of carbonyl (C=O) groups is 2. The van der Waals surface area contributed by atoms with E-state index < -0.39 is 36.8 Å². The van der Waals surface area contributed by atoms with Crippen molar-refractivity contribution >= 4 is 29.8 Å². The number of carbonyl (C=O) groups excluding carboxylic acids is 2. The average Bonchev–Trinajstić information content (AvgIpc) is 2.68. The van der Waals surface area contributed by atoms with Crippen LogP contribution in [0.2, 0.25) is 5.02 Å². The molecule has 1 aliphatic rings. The van der Waals surface area contributed by atoms with E-state index in [1.807, 2.05) is 0 Å². The molecule has 0 aliphatic carbocycles. The number of halogens is 4. The van der Waals surface area contributed by atoms with Crippen molar-refractivity contribution in [1.82, 2.24) is 0 Å². The lowest BCUT2D eigenvalue weighted by atomic mass is 9.99. The Labute approximate surface area is 178 Å². The van der Waals surface area contributed by atoms with E-state index in [0.29, 0.717) is 18.4 Å². The normalized spacial score (nSPS) is 15.1. The topological polar surface area (TPSA) is 110 Å². The van der Waals surface area contributed by atoms with Gasteiger partial charge in [0.15, 0.2) is 5.34 Å². The molecule has 9 nitrogen and oxygen atoms in total. The highest BCUT2D eigenvalue weighted by Crippen LogP contribution is 2.40. The average molecular weight is 468 g/mol. The Hall–Kier alpha value is -3.02. The molecular formula is C18H17ClF3NO8. The molecule has 1 atom stereocenters. The third kappa shape index (κ3) is 7.02. The first kappa shape index (κ1) is 24.3. The summed E-state index contributed by atoms with van der Waals surface area (Å²) in [5, 5.41) is 2.43. The summed E-state index contributed by atoms with van der Waals surface area (Å²) in [5.41, 5.74) is -0.297. The predicted molar refractivity (Wildman–Crippen MR) is 99.0 cm³/mol. The quantitative estimate of drug-likeness (QED) is 0.172. The Kier molecular flexibility index (Phi) is 8.48. The van der Waals surface area contributed by atoms with Gasteiger partial charge in [-0.25, -0.2) is 9.59 Å². The summed E-state index contributed by atoms with van der Waals surface area (Å²) >= 11 is 5.91. The largest absolute Gasteiger partial charge is 0.511 e. The molecule has 0 saturated heterocycles. The van der Waals surface area contributed by atoms with Gasteiger partial charge in [0.2, 0.25) is 12.9 Å². The SMILES string of the molecule is Cc1cc(Cl)cc2c1O[C@H](C(F)(F)F)C(C(=O)OCOC(=O)OCCCCON=O)=C2. The fraction of sp³-hybridized carbons (Fsp3) is 0.444. The van der Waals surface area contributed by atoms with Crippen LogP contribution in [-0.4, -0.2) is 44.4 Å². The first-order chi connectivity index (χ1) is 14.6. The van der Waals surface area contributed by atoms with Gasteiger partial charge < -0.3 is 23.8 Å². The van der Waals surface area contributed by atoms with Crippen molar-refractivity contribution < 1.29 is 46.5 Å². The minimum absolute atomic E-state index is 0.0466. The third-order valence-electron chi connectivity index (χ3n) is 3.90. The van der Waals surface area contributed by atoms with Crippen LogP contribution >= 0.6 is 11.6 Å². The second-order valence-electron chi connectivity index (χ2n) is 6.19. The summed E-state index contributed by atoms with van der Waals surface area (Å²) < 4.78 is 59.0. The third-order valence-corrected chi connectivity index (χ3v) is 4.12. The number of alkyl halides is 3. The molecule has 0 N–H and O–H groups in total. The highest BCUT2D eigenvalue weighted by Gasteiger charge is 2.49. The van der Waals surface area contributed by atoms with Crippen LogP contribution in [-0.2, 0) is 23.8 Å². The molecule has 0 saturated carbocycles. The predicted octanol–water partition coefficient (Wildman–Crippen LogP) is 4.49. The summed E-state index contributed by atoms with van der Waals surface area (Å²) in [6, 6.07) is 2.77. The lowest BCUT2D eigenvalue weighted by molar-refractivity contribution is -0.189. The second kappa shape index (κ2) is 10.8. The number of aryl methyl sites for hydroxylation is 1. The Balaban J connectivity index is 1.95. The maximum absolute atomic E-state index is 13.4. The van der Waals surface area contributed by atoms with Gasteiger partial charge in [-0.3, -0.25) is 0 Å². The molecular weight excluding hydrogens is 451 g/mol. The summed E-state index contributed by atoms with van der Waals surface area (Å²) in [7, 11) is 0. The zero-order valence-corrected chi connectivity index (χ0v) is 16.8. The van der Waals surface area contributed by atoms with Crippen molar-refractivity contribution in [3.05, 3.63) is 38.8 Å². The number of esters is 1. The van der Waals surface area contributed by atoms with Crippen LogP contribution in [0.4, 0.5) is 18.0 Å². The van der Waals surface area contributed by atoms with Crippen molar-refractivity contribution in [2.45, 2.75) is 32.0 Å². The number of rotatable bonds is 9. The van der Waals surface area contributed by atoms with E-state index in [1.54, 1.807) is 0 Å². The number of benzene rings is 1. The molecule has 0 bridgehead atoms. The van der Waals surface area contributed by atoms with E-state index in [0.717, 1.165) is 6.08 Å². The summed E-state index contributed by atoms with van der Waals surface area (Å²) in [5.74, 6) is -1.45. The molecule has 0 unspecified atom stereocenters. The smallest absolute Gasteiger partial charge is 0.475 e. The fourth-order valence-electron chi connectivity index (χ4n) is 2.58. The standard InChI is InChI=1S/C18H17ClF3NO8/c1-10-6-12(19)7-11-8-13(15(18(20,21)22)31-14(10)11)16(24)28-9-29-17(25)27-4-2-3-5-30-23-26/h6-8,15H,2-5,9H2,1H3/t15-/m0/s1. The Morgan fingerprint density at radius 1 is 1.16 bits per heavy atom. The van der Waals surface area contributed by atoms with Crippen molar-refractivity contribution in [2.75, 3.05) is 20.0 Å². The maximum atomic E-state index is 13.4. The van der Waals surface area contributed by atoms with Gasteiger partial charge in [-0.1, -0.05) is 11.6 Å². The Morgan fingerprint density at radius 2 is 1.87 bits per heavy atom. The van der Waals surface area contributed by atoms with E-state index in [-0.39, 0.29) is 29.5 Å². The molecule has 2 rings (SSSR count). The highest BCUT2D eigenvalue weighted by molar-refractivity contribution is 6.30. The molecule has 170 valence electrons. The Bertz CT molecular complexity index is 859. The lowest BCUT2D eigenvalue weighted by Crippen LogP contribution is -2.41. The molecule has 0 aromatic heterocycles. The van der Waals surface area contributed by atoms with Gasteiger partial charge in [0.25, 0.3) is 0 Å². The van der Waals surface area contributed by atoms with Crippen LogP contribution in [0, 0.1) is 11.8 Å². The van der Waals surface area contributed by atoms with Crippen LogP contribution in [0.25, 0.3) is 6.08 Å². The van der Waals surface area contributed by atoms with Gasteiger partial charge >= 0.3 is 18.3 Å². The monoisotopic (exact) mass is 467 g/mol. The molecule has 0 spiro atoms.